The van der Waals surface area contributed by atoms with Crippen molar-refractivity contribution in [2.24, 2.45) is 0 Å². The monoisotopic (exact) mass is 373 g/mol. The number of nitrogens with one attached hydrogen (secondary N) is 1. The van der Waals surface area contributed by atoms with Gasteiger partial charge >= 0.3 is 6.09 Å². The third-order valence-corrected chi connectivity index (χ3v) is 3.44. The van der Waals surface area contributed by atoms with E-state index in [9.17, 15) is 4.79 Å². The Morgan fingerprint density at radius 3 is 2.65 bits per heavy atom. The van der Waals surface area contributed by atoms with Crippen LogP contribution in [-0.4, -0.2) is 25.8 Å². The Morgan fingerprint density at radius 1 is 1.17 bits per heavy atom. The molecule has 2 aromatic heterocycles. The van der Waals surface area contributed by atoms with E-state index in [0.29, 0.717) is 16.2 Å². The van der Waals surface area contributed by atoms with Gasteiger partial charge in [-0.15, -0.1) is 5.10 Å². The molecule has 0 unspecified atom stereocenters. The van der Waals surface area contributed by atoms with Crippen LogP contribution in [0.15, 0.2) is 59.5 Å². The van der Waals surface area contributed by atoms with Gasteiger partial charge in [0.15, 0.2) is 5.82 Å². The van der Waals surface area contributed by atoms with Gasteiger partial charge in [-0.25, -0.2) is 19.4 Å². The molecule has 0 radical (unpaired) electrons. The maximum Gasteiger partial charge on any atom is 0.413 e. The van der Waals surface area contributed by atoms with E-state index in [1.807, 2.05) is 30.3 Å². The molecule has 0 spiro atoms. The van der Waals surface area contributed by atoms with Crippen molar-refractivity contribution in [1.82, 2.24) is 19.7 Å². The van der Waals surface area contributed by atoms with E-state index in [2.05, 4.69) is 36.3 Å². The molecule has 7 nitrogen and oxygen atoms in total. The number of hydrogen-bond acceptors (Lipinski definition) is 5. The highest BCUT2D eigenvalue weighted by molar-refractivity contribution is 9.10. The number of aromatic nitrogens is 4. The minimum atomic E-state index is -0.589. The minimum absolute atomic E-state index is 0.187. The van der Waals surface area contributed by atoms with E-state index in [0.717, 1.165) is 5.56 Å². The summed E-state index contributed by atoms with van der Waals surface area (Å²) in [5.41, 5.74) is 0.907. The normalized spacial score (nSPS) is 10.3. The van der Waals surface area contributed by atoms with Crippen LogP contribution in [-0.2, 0) is 11.3 Å². The number of anilines is 1. The van der Waals surface area contributed by atoms with Gasteiger partial charge in [-0.2, -0.15) is 0 Å². The van der Waals surface area contributed by atoms with Crippen molar-refractivity contribution in [3.05, 3.63) is 65.0 Å². The SMILES string of the molecule is O=C(Nc1nn(-c2ncccn2)cc1Br)OCc1ccccc1. The van der Waals surface area contributed by atoms with Gasteiger partial charge in [-0.05, 0) is 27.6 Å². The van der Waals surface area contributed by atoms with Gasteiger partial charge < -0.3 is 4.74 Å². The third-order valence-electron chi connectivity index (χ3n) is 2.86. The van der Waals surface area contributed by atoms with E-state index in [-0.39, 0.29) is 6.61 Å². The average Bonchev–Trinajstić information content (AvgIpc) is 2.95. The second kappa shape index (κ2) is 7.01. The van der Waals surface area contributed by atoms with Crippen LogP contribution in [0, 0.1) is 0 Å². The van der Waals surface area contributed by atoms with Crippen molar-refractivity contribution >= 4 is 27.8 Å². The van der Waals surface area contributed by atoms with Crippen molar-refractivity contribution in [1.29, 1.82) is 0 Å². The Balaban J connectivity index is 1.64. The molecule has 3 aromatic rings. The Morgan fingerprint density at radius 2 is 1.91 bits per heavy atom. The lowest BCUT2D eigenvalue weighted by molar-refractivity contribution is 0.155. The number of hydrogen-bond donors (Lipinski definition) is 1. The lowest BCUT2D eigenvalue weighted by atomic mass is 10.2. The first-order chi connectivity index (χ1) is 11.2. The zero-order chi connectivity index (χ0) is 16.1. The first-order valence-corrected chi connectivity index (χ1v) is 7.52. The van der Waals surface area contributed by atoms with Crippen molar-refractivity contribution in [3.8, 4) is 5.95 Å². The molecule has 0 aliphatic carbocycles. The number of carbonyl (C=O) groups is 1. The van der Waals surface area contributed by atoms with Crippen LogP contribution in [0.4, 0.5) is 10.6 Å². The summed E-state index contributed by atoms with van der Waals surface area (Å²) in [7, 11) is 0. The molecule has 0 bridgehead atoms. The summed E-state index contributed by atoms with van der Waals surface area (Å²) in [5.74, 6) is 0.731. The second-order valence-electron chi connectivity index (χ2n) is 4.51. The molecular weight excluding hydrogens is 362 g/mol. The van der Waals surface area contributed by atoms with Crippen molar-refractivity contribution in [3.63, 3.8) is 0 Å². The summed E-state index contributed by atoms with van der Waals surface area (Å²) in [6.45, 7) is 0.187. The minimum Gasteiger partial charge on any atom is -0.444 e. The Kier molecular flexibility index (Phi) is 4.62. The van der Waals surface area contributed by atoms with Crippen molar-refractivity contribution in [2.75, 3.05) is 5.32 Å². The second-order valence-corrected chi connectivity index (χ2v) is 5.36. The highest BCUT2D eigenvalue weighted by atomic mass is 79.9. The van der Waals surface area contributed by atoms with Crippen LogP contribution in [0.5, 0.6) is 0 Å². The average molecular weight is 374 g/mol. The van der Waals surface area contributed by atoms with Crippen LogP contribution < -0.4 is 5.32 Å². The van der Waals surface area contributed by atoms with Gasteiger partial charge in [0.2, 0.25) is 0 Å². The summed E-state index contributed by atoms with van der Waals surface area (Å²) in [6.07, 6.45) is 4.29. The van der Waals surface area contributed by atoms with Crippen LogP contribution in [0.25, 0.3) is 5.95 Å². The molecule has 0 saturated heterocycles. The molecule has 1 amide bonds. The third kappa shape index (κ3) is 3.92. The fourth-order valence-corrected chi connectivity index (χ4v) is 2.18. The molecule has 1 N–H and O–H groups in total. The summed E-state index contributed by atoms with van der Waals surface area (Å²) in [4.78, 5) is 20.0. The molecule has 116 valence electrons. The lowest BCUT2D eigenvalue weighted by Crippen LogP contribution is -2.14. The fraction of sp³-hybridized carbons (Fsp3) is 0.0667. The van der Waals surface area contributed by atoms with Crippen LogP contribution in [0.2, 0.25) is 0 Å². The smallest absolute Gasteiger partial charge is 0.413 e. The van der Waals surface area contributed by atoms with Gasteiger partial charge in [0, 0.05) is 12.4 Å². The molecule has 0 atom stereocenters. The number of amides is 1. The van der Waals surface area contributed by atoms with E-state index >= 15 is 0 Å². The number of ether oxygens (including phenoxy) is 1. The molecule has 23 heavy (non-hydrogen) atoms. The van der Waals surface area contributed by atoms with Gasteiger partial charge in [0.25, 0.3) is 5.95 Å². The standard InChI is InChI=1S/C15H12BrN5O2/c16-12-9-21(14-17-7-4-8-18-14)20-13(12)19-15(22)23-10-11-5-2-1-3-6-11/h1-9H,10H2,(H,19,20,22). The van der Waals surface area contributed by atoms with Gasteiger partial charge in [-0.3, -0.25) is 5.32 Å². The molecule has 0 fully saturated rings. The van der Waals surface area contributed by atoms with Crippen LogP contribution in [0.3, 0.4) is 0 Å². The summed E-state index contributed by atoms with van der Waals surface area (Å²) in [5, 5.41) is 6.78. The molecule has 3 rings (SSSR count). The highest BCUT2D eigenvalue weighted by Gasteiger charge is 2.13. The Hall–Kier alpha value is -2.74. The predicted octanol–water partition coefficient (Wildman–Crippen LogP) is 3.17. The van der Waals surface area contributed by atoms with E-state index in [4.69, 9.17) is 4.74 Å². The maximum absolute atomic E-state index is 11.8. The number of rotatable bonds is 4. The predicted molar refractivity (Wildman–Crippen MR) is 87.1 cm³/mol. The van der Waals surface area contributed by atoms with E-state index in [1.54, 1.807) is 24.7 Å². The zero-order valence-corrected chi connectivity index (χ0v) is 13.5. The molecule has 2 heterocycles. The molecule has 0 saturated carbocycles. The van der Waals surface area contributed by atoms with Crippen LogP contribution >= 0.6 is 15.9 Å². The Bertz CT molecular complexity index is 792. The van der Waals surface area contributed by atoms with Crippen molar-refractivity contribution < 1.29 is 9.53 Å². The van der Waals surface area contributed by atoms with Gasteiger partial charge in [0.05, 0.1) is 10.7 Å². The highest BCUT2D eigenvalue weighted by Crippen LogP contribution is 2.21. The summed E-state index contributed by atoms with van der Waals surface area (Å²) < 4.78 is 7.20. The molecular formula is C15H12BrN5O2. The van der Waals surface area contributed by atoms with Gasteiger partial charge in [0.1, 0.15) is 6.61 Å². The molecule has 0 aliphatic heterocycles. The van der Waals surface area contributed by atoms with Crippen LogP contribution in [0.1, 0.15) is 5.56 Å². The number of benzene rings is 1. The topological polar surface area (TPSA) is 81.9 Å². The molecule has 8 heteroatoms. The number of halogens is 1. The lowest BCUT2D eigenvalue weighted by Gasteiger charge is -2.05. The maximum atomic E-state index is 11.8. The molecule has 0 aliphatic rings. The first-order valence-electron chi connectivity index (χ1n) is 6.72. The Labute approximate surface area is 140 Å². The van der Waals surface area contributed by atoms with E-state index < -0.39 is 6.09 Å². The van der Waals surface area contributed by atoms with Gasteiger partial charge in [-0.1, -0.05) is 30.3 Å². The fourth-order valence-electron chi connectivity index (χ4n) is 1.81. The quantitative estimate of drug-likeness (QED) is 0.759. The number of carbonyl (C=O) groups excluding carboxylic acids is 1. The zero-order valence-electron chi connectivity index (χ0n) is 11.9. The summed E-state index contributed by atoms with van der Waals surface area (Å²) in [6, 6.07) is 11.1. The van der Waals surface area contributed by atoms with Crippen molar-refractivity contribution in [2.45, 2.75) is 6.61 Å². The molecule has 1 aromatic carbocycles. The van der Waals surface area contributed by atoms with E-state index in [1.165, 1.54) is 4.68 Å². The summed E-state index contributed by atoms with van der Waals surface area (Å²) >= 11 is 3.33. The number of nitrogens with zero attached hydrogens (tertiary/aromatic N) is 4. The largest absolute Gasteiger partial charge is 0.444 e. The first kappa shape index (κ1) is 15.2.